The number of likely N-dealkylation sites (N-methyl/N-ethyl adjacent to an activating group) is 1. The predicted octanol–water partition coefficient (Wildman–Crippen LogP) is 0.213. The number of nitrogens with zero attached hydrogens (tertiary/aromatic N) is 2. The van der Waals surface area contributed by atoms with Gasteiger partial charge in [-0.1, -0.05) is 13.3 Å². The van der Waals surface area contributed by atoms with Crippen LogP contribution in [0.2, 0.25) is 0 Å². The van der Waals surface area contributed by atoms with E-state index in [0.717, 1.165) is 19.0 Å². The van der Waals surface area contributed by atoms with Gasteiger partial charge >= 0.3 is 0 Å². The number of hydrogen-bond acceptors (Lipinski definition) is 4. The maximum Gasteiger partial charge on any atom is 0.191 e. The lowest BCUT2D eigenvalue weighted by atomic mass is 10.0. The van der Waals surface area contributed by atoms with E-state index in [0.29, 0.717) is 12.5 Å². The highest BCUT2D eigenvalue weighted by molar-refractivity contribution is 7.91. The van der Waals surface area contributed by atoms with Crippen LogP contribution >= 0.6 is 0 Å². The van der Waals surface area contributed by atoms with Gasteiger partial charge in [0.1, 0.15) is 0 Å². The second-order valence-corrected chi connectivity index (χ2v) is 8.20. The summed E-state index contributed by atoms with van der Waals surface area (Å²) in [5, 5.41) is 6.59. The lowest BCUT2D eigenvalue weighted by Gasteiger charge is -2.35. The molecule has 7 heteroatoms. The number of nitrogens with one attached hydrogen (secondary N) is 2. The fourth-order valence-electron chi connectivity index (χ4n) is 3.22. The number of aliphatic imine (C=N–C) groups is 1. The van der Waals surface area contributed by atoms with E-state index in [1.807, 2.05) is 0 Å². The van der Waals surface area contributed by atoms with Gasteiger partial charge in [0.25, 0.3) is 0 Å². The van der Waals surface area contributed by atoms with Gasteiger partial charge in [-0.3, -0.25) is 9.89 Å². The minimum absolute atomic E-state index is 0.00478. The van der Waals surface area contributed by atoms with Crippen LogP contribution in [0, 0.1) is 0 Å². The molecule has 0 aromatic heterocycles. The van der Waals surface area contributed by atoms with E-state index in [1.165, 1.54) is 25.8 Å². The Morgan fingerprint density at radius 2 is 2.14 bits per heavy atom. The number of piperidine rings is 1. The normalized spacial score (nSPS) is 30.3. The molecule has 2 fully saturated rings. The van der Waals surface area contributed by atoms with Gasteiger partial charge in [0, 0.05) is 25.7 Å². The average molecular weight is 316 g/mol. The summed E-state index contributed by atoms with van der Waals surface area (Å²) < 4.78 is 23.0. The summed E-state index contributed by atoms with van der Waals surface area (Å²) in [6, 6.07) is 0.546. The molecular weight excluding hydrogens is 288 g/mol. The molecule has 0 bridgehead atoms. The Labute approximate surface area is 128 Å². The summed E-state index contributed by atoms with van der Waals surface area (Å²) in [7, 11) is -1.12. The number of hydrogen-bond donors (Lipinski definition) is 2. The third-order valence-electron chi connectivity index (χ3n) is 4.46. The lowest BCUT2D eigenvalue weighted by molar-refractivity contribution is 0.157. The Morgan fingerprint density at radius 1 is 1.33 bits per heavy atom. The van der Waals surface area contributed by atoms with Crippen LogP contribution in [0.4, 0.5) is 0 Å². The van der Waals surface area contributed by atoms with Gasteiger partial charge in [-0.25, -0.2) is 8.42 Å². The summed E-state index contributed by atoms with van der Waals surface area (Å²) in [5.74, 6) is 1.23. The van der Waals surface area contributed by atoms with Crippen molar-refractivity contribution >= 4 is 15.8 Å². The van der Waals surface area contributed by atoms with Crippen LogP contribution in [0.5, 0.6) is 0 Å². The highest BCUT2D eigenvalue weighted by atomic mass is 32.2. The van der Waals surface area contributed by atoms with Crippen molar-refractivity contribution in [2.75, 3.05) is 38.2 Å². The standard InChI is InChI=1S/C14H28N4O2S/c1-3-18-8-5-4-6-13(18)10-16-14(15-2)17-12-7-9-21(19,20)11-12/h12-13H,3-11H2,1-2H3,(H2,15,16,17). The molecule has 2 aliphatic rings. The van der Waals surface area contributed by atoms with Gasteiger partial charge in [-0.2, -0.15) is 0 Å². The lowest BCUT2D eigenvalue weighted by Crippen LogP contribution is -2.50. The topological polar surface area (TPSA) is 73.8 Å². The molecule has 2 rings (SSSR count). The van der Waals surface area contributed by atoms with E-state index >= 15 is 0 Å². The molecule has 0 amide bonds. The zero-order valence-corrected chi connectivity index (χ0v) is 14.0. The van der Waals surface area contributed by atoms with E-state index < -0.39 is 9.84 Å². The van der Waals surface area contributed by atoms with Gasteiger partial charge < -0.3 is 10.6 Å². The quantitative estimate of drug-likeness (QED) is 0.573. The molecule has 2 N–H and O–H groups in total. The smallest absolute Gasteiger partial charge is 0.191 e. The zero-order valence-electron chi connectivity index (χ0n) is 13.1. The zero-order chi connectivity index (χ0) is 15.3. The summed E-state index contributed by atoms with van der Waals surface area (Å²) in [5.41, 5.74) is 0. The van der Waals surface area contributed by atoms with Crippen molar-refractivity contribution in [3.05, 3.63) is 0 Å². The third-order valence-corrected chi connectivity index (χ3v) is 6.23. The molecule has 2 heterocycles. The van der Waals surface area contributed by atoms with Gasteiger partial charge in [-0.15, -0.1) is 0 Å². The van der Waals surface area contributed by atoms with Crippen molar-refractivity contribution in [1.82, 2.24) is 15.5 Å². The number of guanidine groups is 1. The van der Waals surface area contributed by atoms with Crippen LogP contribution in [0.3, 0.4) is 0 Å². The van der Waals surface area contributed by atoms with Crippen LogP contribution in [0.15, 0.2) is 4.99 Å². The van der Waals surface area contributed by atoms with E-state index in [9.17, 15) is 8.42 Å². The molecule has 2 unspecified atom stereocenters. The predicted molar refractivity (Wildman–Crippen MR) is 86.4 cm³/mol. The molecule has 0 aliphatic carbocycles. The van der Waals surface area contributed by atoms with Crippen molar-refractivity contribution < 1.29 is 8.42 Å². The largest absolute Gasteiger partial charge is 0.355 e. The van der Waals surface area contributed by atoms with Gasteiger partial charge in [0.2, 0.25) is 0 Å². The van der Waals surface area contributed by atoms with Gasteiger partial charge in [0.05, 0.1) is 11.5 Å². The minimum Gasteiger partial charge on any atom is -0.355 e. The number of likely N-dealkylation sites (tertiary alicyclic amines) is 1. The molecule has 0 aromatic rings. The molecule has 0 aromatic carbocycles. The highest BCUT2D eigenvalue weighted by Gasteiger charge is 2.28. The second kappa shape index (κ2) is 7.45. The minimum atomic E-state index is -2.85. The van der Waals surface area contributed by atoms with Gasteiger partial charge in [0.15, 0.2) is 15.8 Å². The first-order valence-electron chi connectivity index (χ1n) is 7.95. The van der Waals surface area contributed by atoms with Crippen LogP contribution in [-0.2, 0) is 9.84 Å². The second-order valence-electron chi connectivity index (χ2n) is 5.98. The molecule has 0 saturated carbocycles. The molecule has 122 valence electrons. The number of rotatable bonds is 4. The van der Waals surface area contributed by atoms with Crippen LogP contribution in [0.1, 0.15) is 32.6 Å². The summed E-state index contributed by atoms with van der Waals surface area (Å²) in [4.78, 5) is 6.72. The SMILES string of the molecule is CCN1CCCCC1CNC(=NC)NC1CCS(=O)(=O)C1. The molecule has 21 heavy (non-hydrogen) atoms. The molecule has 6 nitrogen and oxygen atoms in total. The van der Waals surface area contributed by atoms with E-state index in [4.69, 9.17) is 0 Å². The molecule has 0 spiro atoms. The van der Waals surface area contributed by atoms with Crippen LogP contribution in [0.25, 0.3) is 0 Å². The van der Waals surface area contributed by atoms with Crippen LogP contribution < -0.4 is 10.6 Å². The Balaban J connectivity index is 1.80. The summed E-state index contributed by atoms with van der Waals surface area (Å²) in [6.45, 7) is 5.33. The third kappa shape index (κ3) is 4.85. The maximum absolute atomic E-state index is 11.5. The van der Waals surface area contributed by atoms with E-state index in [2.05, 4.69) is 27.4 Å². The first-order valence-corrected chi connectivity index (χ1v) is 9.78. The summed E-state index contributed by atoms with van der Waals surface area (Å²) >= 11 is 0. The first-order chi connectivity index (χ1) is 10.0. The van der Waals surface area contributed by atoms with Crippen molar-refractivity contribution in [3.8, 4) is 0 Å². The van der Waals surface area contributed by atoms with Crippen LogP contribution in [-0.4, -0.2) is 69.5 Å². The Kier molecular flexibility index (Phi) is 5.87. The highest BCUT2D eigenvalue weighted by Crippen LogP contribution is 2.16. The average Bonchev–Trinajstić information content (AvgIpc) is 2.82. The van der Waals surface area contributed by atoms with E-state index in [1.54, 1.807) is 7.05 Å². The van der Waals surface area contributed by atoms with Gasteiger partial charge in [-0.05, 0) is 32.4 Å². The summed E-state index contributed by atoms with van der Waals surface area (Å²) in [6.07, 6.45) is 4.47. The Morgan fingerprint density at radius 3 is 2.76 bits per heavy atom. The van der Waals surface area contributed by atoms with E-state index in [-0.39, 0.29) is 17.5 Å². The monoisotopic (exact) mass is 316 g/mol. The van der Waals surface area contributed by atoms with Crippen molar-refractivity contribution in [2.24, 2.45) is 4.99 Å². The molecule has 2 aliphatic heterocycles. The fourth-order valence-corrected chi connectivity index (χ4v) is 4.89. The number of sulfone groups is 1. The maximum atomic E-state index is 11.5. The molecule has 0 radical (unpaired) electrons. The van der Waals surface area contributed by atoms with Crippen molar-refractivity contribution in [2.45, 2.75) is 44.7 Å². The fraction of sp³-hybridized carbons (Fsp3) is 0.929. The van der Waals surface area contributed by atoms with Crippen molar-refractivity contribution in [3.63, 3.8) is 0 Å². The van der Waals surface area contributed by atoms with Crippen molar-refractivity contribution in [1.29, 1.82) is 0 Å². The first kappa shape index (κ1) is 16.5. The molecular formula is C14H28N4O2S. The molecule has 2 atom stereocenters. The Bertz CT molecular complexity index is 464. The molecule has 2 saturated heterocycles. The Hall–Kier alpha value is -0.820.